The highest BCUT2D eigenvalue weighted by Crippen LogP contribution is 2.42. The lowest BCUT2D eigenvalue weighted by atomic mass is 9.88. The number of ether oxygens (including phenoxy) is 1. The summed E-state index contributed by atoms with van der Waals surface area (Å²) in [7, 11) is 0. The van der Waals surface area contributed by atoms with E-state index in [2.05, 4.69) is 9.98 Å². The van der Waals surface area contributed by atoms with Crippen LogP contribution < -0.4 is 11.5 Å². The summed E-state index contributed by atoms with van der Waals surface area (Å²) in [6, 6.07) is 5.77. The summed E-state index contributed by atoms with van der Waals surface area (Å²) >= 11 is 0. The van der Waals surface area contributed by atoms with Crippen LogP contribution in [0.4, 0.5) is 32.0 Å². The van der Waals surface area contributed by atoms with Crippen molar-refractivity contribution >= 4 is 17.5 Å². The minimum atomic E-state index is -5.09. The minimum absolute atomic E-state index is 0.0810. The van der Waals surface area contributed by atoms with Gasteiger partial charge in [-0.05, 0) is 24.3 Å². The standard InChI is InChI=1S/C12H11F6N3O.C6H5NO2/c13-9-6(1-5(19)2-7(9)12(16,17)18)11(10(14)15)4-22-3-8(20)21-11;8-6(9)5-3-1-2-4-7-5/h1-2,10H,3-4,19H2,(H2,20,21);1-4H,(H,8,9)/t11-;/m0./s1. The zero-order chi connectivity index (χ0) is 23.4. The number of anilines is 1. The largest absolute Gasteiger partial charge is 0.477 e. The molecule has 0 saturated heterocycles. The molecule has 0 spiro atoms. The van der Waals surface area contributed by atoms with Gasteiger partial charge >= 0.3 is 12.1 Å². The van der Waals surface area contributed by atoms with E-state index in [-0.39, 0.29) is 18.1 Å². The van der Waals surface area contributed by atoms with E-state index in [9.17, 15) is 31.1 Å². The van der Waals surface area contributed by atoms with E-state index in [0.717, 1.165) is 0 Å². The highest BCUT2D eigenvalue weighted by Gasteiger charge is 2.48. The Balaban J connectivity index is 0.000000316. The molecule has 5 N–H and O–H groups in total. The van der Waals surface area contributed by atoms with Crippen LogP contribution in [0.5, 0.6) is 0 Å². The van der Waals surface area contributed by atoms with Gasteiger partial charge in [0.1, 0.15) is 24.0 Å². The van der Waals surface area contributed by atoms with Gasteiger partial charge in [-0.15, -0.1) is 0 Å². The second-order valence-electron chi connectivity index (χ2n) is 6.27. The number of carboxylic acids is 1. The topological polar surface area (TPSA) is 124 Å². The van der Waals surface area contributed by atoms with Crippen LogP contribution in [-0.2, 0) is 16.5 Å². The summed E-state index contributed by atoms with van der Waals surface area (Å²) in [6.45, 7) is -1.09. The van der Waals surface area contributed by atoms with E-state index in [1.807, 2.05) is 0 Å². The van der Waals surface area contributed by atoms with Crippen LogP contribution in [0.25, 0.3) is 0 Å². The number of halogens is 6. The number of carbonyl (C=O) groups is 1. The fraction of sp³-hybridized carbons (Fsp3) is 0.278. The summed E-state index contributed by atoms with van der Waals surface area (Å²) in [5.74, 6) is -3.23. The number of pyridine rings is 1. The normalized spacial score (nSPS) is 18.7. The van der Waals surface area contributed by atoms with Crippen molar-refractivity contribution in [1.82, 2.24) is 4.98 Å². The molecule has 2 aromatic rings. The van der Waals surface area contributed by atoms with Crippen molar-refractivity contribution in [2.75, 3.05) is 18.9 Å². The Bertz CT molecular complexity index is 969. The Labute approximate surface area is 171 Å². The van der Waals surface area contributed by atoms with Gasteiger partial charge in [-0.3, -0.25) is 4.99 Å². The van der Waals surface area contributed by atoms with Crippen LogP contribution in [0.1, 0.15) is 21.6 Å². The van der Waals surface area contributed by atoms with Crippen molar-refractivity contribution in [1.29, 1.82) is 0 Å². The number of nitrogens with two attached hydrogens (primary N) is 2. The van der Waals surface area contributed by atoms with Crippen molar-refractivity contribution in [2.24, 2.45) is 10.7 Å². The molecular formula is C18H16F6N4O3. The number of aliphatic imine (C=N–C) groups is 1. The third-order valence-corrected chi connectivity index (χ3v) is 4.03. The number of carboxylic acid groups (broad SMARTS) is 1. The molecule has 0 bridgehead atoms. The molecule has 168 valence electrons. The van der Waals surface area contributed by atoms with Crippen LogP contribution >= 0.6 is 0 Å². The Kier molecular flexibility index (Phi) is 7.10. The van der Waals surface area contributed by atoms with Crippen LogP contribution in [0.2, 0.25) is 0 Å². The smallest absolute Gasteiger partial charge is 0.419 e. The van der Waals surface area contributed by atoms with E-state index >= 15 is 0 Å². The fourth-order valence-electron chi connectivity index (χ4n) is 2.66. The lowest BCUT2D eigenvalue weighted by Crippen LogP contribution is -2.45. The number of aromatic nitrogens is 1. The number of alkyl halides is 5. The van der Waals surface area contributed by atoms with Crippen LogP contribution in [0.3, 0.4) is 0 Å². The Morgan fingerprint density at radius 1 is 1.23 bits per heavy atom. The lowest BCUT2D eigenvalue weighted by Gasteiger charge is -2.33. The predicted molar refractivity (Wildman–Crippen MR) is 97.1 cm³/mol. The summed E-state index contributed by atoms with van der Waals surface area (Å²) < 4.78 is 84.3. The van der Waals surface area contributed by atoms with Gasteiger partial charge in [-0.2, -0.15) is 13.2 Å². The molecule has 0 amide bonds. The maximum atomic E-state index is 14.2. The van der Waals surface area contributed by atoms with Crippen LogP contribution in [-0.4, -0.2) is 41.5 Å². The molecule has 1 aromatic heterocycles. The Morgan fingerprint density at radius 3 is 2.35 bits per heavy atom. The number of aromatic carboxylic acids is 1. The first-order valence-electron chi connectivity index (χ1n) is 8.39. The van der Waals surface area contributed by atoms with Crippen LogP contribution in [0, 0.1) is 5.82 Å². The average Bonchev–Trinajstić information content (AvgIpc) is 2.69. The van der Waals surface area contributed by atoms with Crippen molar-refractivity contribution in [3.05, 3.63) is 59.2 Å². The molecule has 31 heavy (non-hydrogen) atoms. The number of benzene rings is 1. The third kappa shape index (κ3) is 5.42. The maximum Gasteiger partial charge on any atom is 0.419 e. The molecule has 0 aliphatic carbocycles. The minimum Gasteiger partial charge on any atom is -0.477 e. The molecular weight excluding hydrogens is 434 g/mol. The summed E-state index contributed by atoms with van der Waals surface area (Å²) in [5.41, 5.74) is 4.75. The van der Waals surface area contributed by atoms with E-state index in [1.54, 1.807) is 12.1 Å². The van der Waals surface area contributed by atoms with E-state index in [0.29, 0.717) is 12.1 Å². The van der Waals surface area contributed by atoms with Crippen molar-refractivity contribution in [2.45, 2.75) is 18.1 Å². The molecule has 0 unspecified atom stereocenters. The molecule has 0 radical (unpaired) electrons. The van der Waals surface area contributed by atoms with E-state index in [4.69, 9.17) is 21.3 Å². The molecule has 0 fully saturated rings. The van der Waals surface area contributed by atoms with Crippen molar-refractivity contribution in [3.8, 4) is 0 Å². The Morgan fingerprint density at radius 2 is 1.90 bits per heavy atom. The number of rotatable bonds is 3. The average molecular weight is 450 g/mol. The molecule has 0 saturated carbocycles. The first-order chi connectivity index (χ1) is 14.4. The predicted octanol–water partition coefficient (Wildman–Crippen LogP) is 3.05. The van der Waals surface area contributed by atoms with Gasteiger partial charge in [-0.1, -0.05) is 6.07 Å². The second-order valence-corrected chi connectivity index (χ2v) is 6.27. The van der Waals surface area contributed by atoms with Gasteiger partial charge < -0.3 is 21.3 Å². The van der Waals surface area contributed by atoms with Crippen molar-refractivity contribution < 1.29 is 41.0 Å². The Hall–Kier alpha value is -3.35. The van der Waals surface area contributed by atoms with Gasteiger partial charge in [-0.25, -0.2) is 22.9 Å². The molecule has 1 aliphatic rings. The zero-order valence-electron chi connectivity index (χ0n) is 15.5. The zero-order valence-corrected chi connectivity index (χ0v) is 15.5. The number of hydrogen-bond acceptors (Lipinski definition) is 6. The molecule has 1 aliphatic heterocycles. The SMILES string of the molecule is NC1=N[C@@](c2cc(N)cc(C(F)(F)F)c2F)(C(F)F)COC1.O=C(O)c1ccccn1. The van der Waals surface area contributed by atoms with Gasteiger partial charge in [0.25, 0.3) is 6.43 Å². The number of nitrogens with zero attached hydrogens (tertiary/aromatic N) is 2. The monoisotopic (exact) mass is 450 g/mol. The van der Waals surface area contributed by atoms with Crippen molar-refractivity contribution in [3.63, 3.8) is 0 Å². The van der Waals surface area contributed by atoms with E-state index in [1.165, 1.54) is 12.3 Å². The summed E-state index contributed by atoms with van der Waals surface area (Å²) in [5, 5.41) is 8.32. The molecule has 7 nitrogen and oxygen atoms in total. The molecule has 13 heteroatoms. The number of hydrogen-bond donors (Lipinski definition) is 3. The van der Waals surface area contributed by atoms with Gasteiger partial charge in [0.15, 0.2) is 5.54 Å². The lowest BCUT2D eigenvalue weighted by molar-refractivity contribution is -0.140. The quantitative estimate of drug-likeness (QED) is 0.488. The second kappa shape index (κ2) is 9.20. The fourth-order valence-corrected chi connectivity index (χ4v) is 2.66. The van der Waals surface area contributed by atoms with E-state index < -0.39 is 53.3 Å². The first-order valence-corrected chi connectivity index (χ1v) is 8.39. The van der Waals surface area contributed by atoms with Gasteiger partial charge in [0.2, 0.25) is 0 Å². The molecule has 1 aromatic carbocycles. The maximum absolute atomic E-state index is 14.2. The van der Waals surface area contributed by atoms with Gasteiger partial charge in [0, 0.05) is 17.4 Å². The van der Waals surface area contributed by atoms with Gasteiger partial charge in [0.05, 0.1) is 12.2 Å². The highest BCUT2D eigenvalue weighted by atomic mass is 19.4. The molecule has 2 heterocycles. The third-order valence-electron chi connectivity index (χ3n) is 4.03. The van der Waals surface area contributed by atoms with Crippen LogP contribution in [0.15, 0.2) is 41.5 Å². The molecule has 3 rings (SSSR count). The highest BCUT2D eigenvalue weighted by molar-refractivity contribution is 5.85. The first kappa shape index (κ1) is 23.9. The molecule has 1 atom stereocenters. The number of amidine groups is 1. The summed E-state index contributed by atoms with van der Waals surface area (Å²) in [4.78, 5) is 17.2. The summed E-state index contributed by atoms with van der Waals surface area (Å²) in [6.07, 6.45) is -6.99. The number of nitrogen functional groups attached to an aromatic ring is 1.